The van der Waals surface area contributed by atoms with Gasteiger partial charge in [0.1, 0.15) is 10.1 Å². The molecule has 0 spiro atoms. The number of carbonyl (C=O) groups excluding carboxylic acids is 1. The van der Waals surface area contributed by atoms with Gasteiger partial charge in [0.05, 0.1) is 12.0 Å². The lowest BCUT2D eigenvalue weighted by atomic mass is 10.2. The van der Waals surface area contributed by atoms with Crippen molar-refractivity contribution < 1.29 is 19.4 Å². The SMILES string of the molecule is COc1ccccc1/C=C\C=C1/SC(=S)N(CCCC(=O)O)C1=O. The summed E-state index contributed by atoms with van der Waals surface area (Å²) in [5, 5.41) is 8.67. The van der Waals surface area contributed by atoms with Crippen molar-refractivity contribution >= 4 is 46.3 Å². The molecule has 0 atom stereocenters. The average Bonchev–Trinajstić information content (AvgIpc) is 2.82. The zero-order chi connectivity index (χ0) is 17.5. The summed E-state index contributed by atoms with van der Waals surface area (Å²) in [6.45, 7) is 0.324. The Labute approximate surface area is 150 Å². The minimum absolute atomic E-state index is 0.0177. The third-order valence-corrected chi connectivity index (χ3v) is 4.70. The van der Waals surface area contributed by atoms with Crippen molar-refractivity contribution in [1.29, 1.82) is 0 Å². The summed E-state index contributed by atoms with van der Waals surface area (Å²) >= 11 is 6.42. The number of hydrogen-bond acceptors (Lipinski definition) is 5. The molecule has 1 saturated heterocycles. The summed E-state index contributed by atoms with van der Waals surface area (Å²) < 4.78 is 5.73. The van der Waals surface area contributed by atoms with Crippen LogP contribution in [0.2, 0.25) is 0 Å². The number of amides is 1. The van der Waals surface area contributed by atoms with Gasteiger partial charge < -0.3 is 9.84 Å². The fraction of sp³-hybridized carbons (Fsp3) is 0.235. The van der Waals surface area contributed by atoms with E-state index in [1.165, 1.54) is 16.7 Å². The van der Waals surface area contributed by atoms with E-state index in [4.69, 9.17) is 22.1 Å². The molecule has 0 saturated carbocycles. The van der Waals surface area contributed by atoms with Crippen LogP contribution in [0.1, 0.15) is 18.4 Å². The predicted octanol–water partition coefficient (Wildman–Crippen LogP) is 3.32. The number of carboxylic acids is 1. The maximum Gasteiger partial charge on any atom is 0.303 e. The number of ether oxygens (including phenoxy) is 1. The van der Waals surface area contributed by atoms with E-state index in [0.29, 0.717) is 22.2 Å². The molecule has 0 unspecified atom stereocenters. The lowest BCUT2D eigenvalue weighted by molar-refractivity contribution is -0.137. The molecule has 5 nitrogen and oxygen atoms in total. The monoisotopic (exact) mass is 363 g/mol. The first-order valence-electron chi connectivity index (χ1n) is 7.29. The molecule has 126 valence electrons. The van der Waals surface area contributed by atoms with Gasteiger partial charge in [0.2, 0.25) is 0 Å². The van der Waals surface area contributed by atoms with Crippen LogP contribution in [0.15, 0.2) is 41.3 Å². The van der Waals surface area contributed by atoms with E-state index in [1.807, 2.05) is 30.3 Å². The van der Waals surface area contributed by atoms with Gasteiger partial charge in [-0.1, -0.05) is 54.3 Å². The Morgan fingerprint density at radius 2 is 2.17 bits per heavy atom. The van der Waals surface area contributed by atoms with Crippen LogP contribution < -0.4 is 4.74 Å². The van der Waals surface area contributed by atoms with Gasteiger partial charge in [-0.05, 0) is 18.6 Å². The Bertz CT molecular complexity index is 712. The van der Waals surface area contributed by atoms with Gasteiger partial charge in [0.15, 0.2) is 0 Å². The minimum Gasteiger partial charge on any atom is -0.496 e. The van der Waals surface area contributed by atoms with E-state index in [-0.39, 0.29) is 12.3 Å². The van der Waals surface area contributed by atoms with Crippen LogP contribution in [-0.4, -0.2) is 39.9 Å². The molecule has 1 aliphatic heterocycles. The van der Waals surface area contributed by atoms with Crippen LogP contribution in [0, 0.1) is 0 Å². The van der Waals surface area contributed by atoms with Gasteiger partial charge in [-0.2, -0.15) is 0 Å². The molecule has 0 bridgehead atoms. The fourth-order valence-corrected chi connectivity index (χ4v) is 3.40. The van der Waals surface area contributed by atoms with Gasteiger partial charge in [-0.3, -0.25) is 14.5 Å². The second-order valence-electron chi connectivity index (χ2n) is 4.95. The van der Waals surface area contributed by atoms with Crippen molar-refractivity contribution in [2.24, 2.45) is 0 Å². The first kappa shape index (κ1) is 18.2. The molecular weight excluding hydrogens is 346 g/mol. The fourth-order valence-electron chi connectivity index (χ4n) is 2.14. The number of thiocarbonyl (C=S) groups is 1. The largest absolute Gasteiger partial charge is 0.496 e. The second-order valence-corrected chi connectivity index (χ2v) is 6.63. The maximum atomic E-state index is 12.3. The number of methoxy groups -OCH3 is 1. The molecule has 1 heterocycles. The van der Waals surface area contributed by atoms with Crippen molar-refractivity contribution in [3.8, 4) is 5.75 Å². The van der Waals surface area contributed by atoms with Crippen molar-refractivity contribution in [1.82, 2.24) is 4.90 Å². The third kappa shape index (κ3) is 4.69. The summed E-state index contributed by atoms with van der Waals surface area (Å²) in [4.78, 5) is 24.8. The maximum absolute atomic E-state index is 12.3. The highest BCUT2D eigenvalue weighted by molar-refractivity contribution is 8.26. The highest BCUT2D eigenvalue weighted by Gasteiger charge is 2.31. The van der Waals surface area contributed by atoms with E-state index in [2.05, 4.69) is 0 Å². The van der Waals surface area contributed by atoms with Crippen LogP contribution in [-0.2, 0) is 9.59 Å². The molecule has 1 aromatic rings. The summed E-state index contributed by atoms with van der Waals surface area (Å²) in [5.74, 6) is -0.306. The average molecular weight is 363 g/mol. The highest BCUT2D eigenvalue weighted by atomic mass is 32.2. The number of carbonyl (C=O) groups is 2. The van der Waals surface area contributed by atoms with Crippen molar-refractivity contribution in [3.63, 3.8) is 0 Å². The highest BCUT2D eigenvalue weighted by Crippen LogP contribution is 2.31. The Morgan fingerprint density at radius 3 is 2.88 bits per heavy atom. The zero-order valence-electron chi connectivity index (χ0n) is 13.1. The molecule has 0 radical (unpaired) electrons. The molecule has 7 heteroatoms. The van der Waals surface area contributed by atoms with Crippen LogP contribution >= 0.6 is 24.0 Å². The van der Waals surface area contributed by atoms with Crippen LogP contribution in [0.5, 0.6) is 5.75 Å². The first-order valence-corrected chi connectivity index (χ1v) is 8.52. The second kappa shape index (κ2) is 8.65. The summed E-state index contributed by atoms with van der Waals surface area (Å²) in [6, 6.07) is 7.57. The van der Waals surface area contributed by atoms with Gasteiger partial charge >= 0.3 is 5.97 Å². The van der Waals surface area contributed by atoms with Gasteiger partial charge in [0, 0.05) is 18.5 Å². The summed E-state index contributed by atoms with van der Waals surface area (Å²) in [5.41, 5.74) is 0.910. The molecule has 1 N–H and O–H groups in total. The summed E-state index contributed by atoms with van der Waals surface area (Å²) in [7, 11) is 1.61. The Hall–Kier alpha value is -2.12. The normalized spacial score (nSPS) is 16.4. The predicted molar refractivity (Wildman–Crippen MR) is 98.9 cm³/mol. The topological polar surface area (TPSA) is 66.8 Å². The lowest BCUT2D eigenvalue weighted by Gasteiger charge is -2.12. The van der Waals surface area contributed by atoms with Gasteiger partial charge in [-0.15, -0.1) is 0 Å². The molecule has 1 amide bonds. The van der Waals surface area contributed by atoms with Crippen LogP contribution in [0.4, 0.5) is 0 Å². The molecular formula is C17H17NO4S2. The molecule has 1 aliphatic rings. The Kier molecular flexibility index (Phi) is 6.57. The number of nitrogens with zero attached hydrogens (tertiary/aromatic N) is 1. The van der Waals surface area contributed by atoms with Gasteiger partial charge in [0.25, 0.3) is 5.91 Å². The quantitative estimate of drug-likeness (QED) is 0.592. The van der Waals surface area contributed by atoms with Crippen molar-refractivity contribution in [2.45, 2.75) is 12.8 Å². The number of allylic oxidation sites excluding steroid dienone is 2. The standard InChI is InChI=1S/C17H17NO4S2/c1-22-13-8-3-2-6-12(13)7-4-9-14-16(21)18(17(23)24-14)11-5-10-15(19)20/h2-4,6-9H,5,10-11H2,1H3,(H,19,20)/b7-4-,14-9-. The first-order chi connectivity index (χ1) is 11.5. The number of benzene rings is 1. The van der Waals surface area contributed by atoms with Gasteiger partial charge in [-0.25, -0.2) is 0 Å². The number of aliphatic carboxylic acids is 1. The smallest absolute Gasteiger partial charge is 0.303 e. The van der Waals surface area contributed by atoms with Crippen molar-refractivity contribution in [2.75, 3.05) is 13.7 Å². The lowest BCUT2D eigenvalue weighted by Crippen LogP contribution is -2.29. The zero-order valence-corrected chi connectivity index (χ0v) is 14.7. The Morgan fingerprint density at radius 1 is 1.42 bits per heavy atom. The van der Waals surface area contributed by atoms with E-state index >= 15 is 0 Å². The molecule has 0 aliphatic carbocycles. The molecule has 2 rings (SSSR count). The summed E-state index contributed by atoms with van der Waals surface area (Å²) in [6.07, 6.45) is 5.75. The third-order valence-electron chi connectivity index (χ3n) is 3.31. The molecule has 1 fully saturated rings. The molecule has 24 heavy (non-hydrogen) atoms. The molecule has 0 aromatic heterocycles. The van der Waals surface area contributed by atoms with E-state index < -0.39 is 5.97 Å². The van der Waals surface area contributed by atoms with E-state index in [1.54, 1.807) is 19.3 Å². The van der Waals surface area contributed by atoms with E-state index in [9.17, 15) is 9.59 Å². The Balaban J connectivity index is 2.03. The molecule has 1 aromatic carbocycles. The van der Waals surface area contributed by atoms with Crippen molar-refractivity contribution in [3.05, 3.63) is 46.9 Å². The number of carboxylic acid groups (broad SMARTS) is 1. The number of hydrogen-bond donors (Lipinski definition) is 1. The number of rotatable bonds is 7. The van der Waals surface area contributed by atoms with Crippen LogP contribution in [0.3, 0.4) is 0 Å². The van der Waals surface area contributed by atoms with E-state index in [0.717, 1.165) is 11.3 Å². The van der Waals surface area contributed by atoms with Crippen LogP contribution in [0.25, 0.3) is 6.08 Å². The number of thioether (sulfide) groups is 1. The minimum atomic E-state index is -0.879. The number of para-hydroxylation sites is 1.